The van der Waals surface area contributed by atoms with Crippen molar-refractivity contribution in [2.75, 3.05) is 0 Å². The van der Waals surface area contributed by atoms with E-state index in [-0.39, 0.29) is 30.7 Å². The molecular formula is C23H29Cl2N3OS. The molecule has 0 saturated heterocycles. The van der Waals surface area contributed by atoms with Crippen molar-refractivity contribution in [3.8, 4) is 0 Å². The highest BCUT2D eigenvalue weighted by Gasteiger charge is 2.36. The minimum absolute atomic E-state index is 0. The molecule has 2 aromatic carbocycles. The predicted octanol–water partition coefficient (Wildman–Crippen LogP) is 5.41. The van der Waals surface area contributed by atoms with Crippen LogP contribution in [0.1, 0.15) is 48.4 Å². The van der Waals surface area contributed by atoms with E-state index >= 15 is 0 Å². The highest BCUT2D eigenvalue weighted by atomic mass is 35.5. The van der Waals surface area contributed by atoms with E-state index in [2.05, 4.69) is 48.7 Å². The summed E-state index contributed by atoms with van der Waals surface area (Å²) in [4.78, 5) is 18.0. The number of hydrogen-bond donors (Lipinski definition) is 2. The van der Waals surface area contributed by atoms with Gasteiger partial charge in [-0.25, -0.2) is 4.98 Å². The van der Waals surface area contributed by atoms with Crippen molar-refractivity contribution in [2.24, 2.45) is 5.41 Å². The molecule has 4 nitrogen and oxygen atoms in total. The Morgan fingerprint density at radius 1 is 1.10 bits per heavy atom. The van der Waals surface area contributed by atoms with Gasteiger partial charge in [0.15, 0.2) is 0 Å². The summed E-state index contributed by atoms with van der Waals surface area (Å²) < 4.78 is 1.19. The van der Waals surface area contributed by atoms with Crippen LogP contribution < -0.4 is 10.6 Å². The second-order valence-corrected chi connectivity index (χ2v) is 8.74. The van der Waals surface area contributed by atoms with E-state index in [1.54, 1.807) is 11.3 Å². The SMILES string of the molecule is CCC(CC)(Cc1nc2ccccc2s1)C(=O)NCc1ccc2c(c1)CNC2.Cl.Cl. The molecule has 2 N–H and O–H groups in total. The number of para-hydroxylation sites is 1. The van der Waals surface area contributed by atoms with Crippen LogP contribution in [0.15, 0.2) is 42.5 Å². The van der Waals surface area contributed by atoms with Gasteiger partial charge in [-0.1, -0.05) is 44.2 Å². The smallest absolute Gasteiger partial charge is 0.226 e. The Balaban J connectivity index is 0.00000160. The van der Waals surface area contributed by atoms with Gasteiger partial charge in [0, 0.05) is 26.1 Å². The van der Waals surface area contributed by atoms with Gasteiger partial charge in [-0.05, 0) is 41.7 Å². The number of nitrogens with one attached hydrogen (secondary N) is 2. The average Bonchev–Trinajstić information content (AvgIpc) is 3.35. The zero-order valence-electron chi connectivity index (χ0n) is 17.4. The Labute approximate surface area is 194 Å². The summed E-state index contributed by atoms with van der Waals surface area (Å²) in [5.74, 6) is 0.135. The van der Waals surface area contributed by atoms with Crippen LogP contribution in [-0.2, 0) is 30.8 Å². The topological polar surface area (TPSA) is 54.0 Å². The maximum absolute atomic E-state index is 13.2. The molecule has 1 aliphatic heterocycles. The van der Waals surface area contributed by atoms with Crippen molar-refractivity contribution in [3.63, 3.8) is 0 Å². The lowest BCUT2D eigenvalue weighted by Gasteiger charge is -2.29. The lowest BCUT2D eigenvalue weighted by molar-refractivity contribution is -0.131. The Kier molecular flexibility index (Phi) is 8.68. The van der Waals surface area contributed by atoms with E-state index in [0.29, 0.717) is 13.0 Å². The Hall–Kier alpha value is -1.66. The summed E-state index contributed by atoms with van der Waals surface area (Å²) >= 11 is 1.70. The van der Waals surface area contributed by atoms with Gasteiger partial charge < -0.3 is 10.6 Å². The van der Waals surface area contributed by atoms with Crippen molar-refractivity contribution in [3.05, 3.63) is 64.2 Å². The number of amides is 1. The fourth-order valence-corrected chi connectivity index (χ4v) is 5.13. The summed E-state index contributed by atoms with van der Waals surface area (Å²) in [5, 5.41) is 7.62. The van der Waals surface area contributed by atoms with Crippen LogP contribution in [0.3, 0.4) is 0 Å². The standard InChI is InChI=1S/C23H27N3OS.2ClH/c1-3-23(4-2,12-21-26-19-7-5-6-8-20(19)28-21)22(27)25-13-16-9-10-17-14-24-15-18(17)11-16;;/h5-11,24H,3-4,12-15H2,1-2H3,(H,25,27);2*1H. The van der Waals surface area contributed by atoms with E-state index in [1.807, 2.05) is 18.2 Å². The molecule has 30 heavy (non-hydrogen) atoms. The first-order valence-electron chi connectivity index (χ1n) is 10.1. The predicted molar refractivity (Wildman–Crippen MR) is 130 cm³/mol. The molecule has 0 fully saturated rings. The van der Waals surface area contributed by atoms with Gasteiger partial charge in [0.05, 0.1) is 20.6 Å². The highest BCUT2D eigenvalue weighted by Crippen LogP contribution is 2.34. The van der Waals surface area contributed by atoms with Crippen LogP contribution in [-0.4, -0.2) is 10.9 Å². The van der Waals surface area contributed by atoms with E-state index in [9.17, 15) is 4.79 Å². The van der Waals surface area contributed by atoms with E-state index in [1.165, 1.54) is 15.8 Å². The molecule has 0 bridgehead atoms. The second-order valence-electron chi connectivity index (χ2n) is 7.63. The highest BCUT2D eigenvalue weighted by molar-refractivity contribution is 7.18. The van der Waals surface area contributed by atoms with E-state index in [0.717, 1.165) is 42.0 Å². The number of carbonyl (C=O) groups is 1. The van der Waals surface area contributed by atoms with Gasteiger partial charge in [0.2, 0.25) is 5.91 Å². The average molecular weight is 466 g/mol. The number of hydrogen-bond acceptors (Lipinski definition) is 4. The molecule has 0 atom stereocenters. The maximum Gasteiger partial charge on any atom is 0.226 e. The van der Waals surface area contributed by atoms with Crippen LogP contribution in [0.5, 0.6) is 0 Å². The summed E-state index contributed by atoms with van der Waals surface area (Å²) in [7, 11) is 0. The van der Waals surface area contributed by atoms with Crippen LogP contribution in [0, 0.1) is 5.41 Å². The Morgan fingerprint density at radius 3 is 2.57 bits per heavy atom. The number of benzene rings is 2. The molecular weight excluding hydrogens is 437 g/mol. The van der Waals surface area contributed by atoms with E-state index in [4.69, 9.17) is 4.98 Å². The molecule has 1 amide bonds. The normalized spacial score (nSPS) is 12.7. The van der Waals surface area contributed by atoms with Crippen molar-refractivity contribution in [1.82, 2.24) is 15.6 Å². The van der Waals surface area contributed by atoms with Gasteiger partial charge in [-0.15, -0.1) is 36.2 Å². The van der Waals surface area contributed by atoms with Gasteiger partial charge in [-0.2, -0.15) is 0 Å². The first kappa shape index (κ1) is 24.6. The molecule has 0 unspecified atom stereocenters. The number of thiazole rings is 1. The van der Waals surface area contributed by atoms with Gasteiger partial charge in [0.1, 0.15) is 0 Å². The largest absolute Gasteiger partial charge is 0.352 e. The molecule has 2 heterocycles. The Bertz CT molecular complexity index is 968. The van der Waals surface area contributed by atoms with Crippen LogP contribution >= 0.6 is 36.2 Å². The molecule has 4 rings (SSSR count). The summed E-state index contributed by atoms with van der Waals surface area (Å²) in [5.41, 5.74) is 4.49. The minimum atomic E-state index is -0.411. The summed E-state index contributed by atoms with van der Waals surface area (Å²) in [6.07, 6.45) is 2.30. The van der Waals surface area contributed by atoms with Gasteiger partial charge in [0.25, 0.3) is 0 Å². The van der Waals surface area contributed by atoms with Crippen molar-refractivity contribution >= 4 is 52.3 Å². The fraction of sp³-hybridized carbons (Fsp3) is 0.391. The van der Waals surface area contributed by atoms with Crippen molar-refractivity contribution in [2.45, 2.75) is 52.7 Å². The van der Waals surface area contributed by atoms with E-state index < -0.39 is 5.41 Å². The summed E-state index contributed by atoms with van der Waals surface area (Å²) in [6, 6.07) is 14.7. The second kappa shape index (κ2) is 10.6. The number of fused-ring (bicyclic) bond motifs is 2. The monoisotopic (exact) mass is 465 g/mol. The minimum Gasteiger partial charge on any atom is -0.352 e. The zero-order valence-corrected chi connectivity index (χ0v) is 19.8. The van der Waals surface area contributed by atoms with Crippen molar-refractivity contribution < 1.29 is 4.79 Å². The lowest BCUT2D eigenvalue weighted by Crippen LogP contribution is -2.41. The number of nitrogens with zero attached hydrogens (tertiary/aromatic N) is 1. The molecule has 0 aliphatic carbocycles. The molecule has 7 heteroatoms. The number of aromatic nitrogens is 1. The Morgan fingerprint density at radius 2 is 1.83 bits per heavy atom. The number of rotatable bonds is 7. The molecule has 1 aliphatic rings. The van der Waals surface area contributed by atoms with Gasteiger partial charge in [-0.3, -0.25) is 4.79 Å². The lowest BCUT2D eigenvalue weighted by atomic mass is 9.78. The maximum atomic E-state index is 13.2. The summed E-state index contributed by atoms with van der Waals surface area (Å²) in [6.45, 7) is 6.66. The molecule has 1 aromatic heterocycles. The third kappa shape index (κ3) is 4.97. The third-order valence-corrected chi connectivity index (χ3v) is 7.05. The fourth-order valence-electron chi connectivity index (χ4n) is 4.01. The number of carbonyl (C=O) groups excluding carboxylic acids is 1. The van der Waals surface area contributed by atoms with Crippen molar-refractivity contribution in [1.29, 1.82) is 0 Å². The van der Waals surface area contributed by atoms with Crippen LogP contribution in [0.25, 0.3) is 10.2 Å². The van der Waals surface area contributed by atoms with Gasteiger partial charge >= 0.3 is 0 Å². The molecule has 0 spiro atoms. The molecule has 0 saturated carbocycles. The quantitative estimate of drug-likeness (QED) is 0.490. The molecule has 162 valence electrons. The van der Waals surface area contributed by atoms with Crippen LogP contribution in [0.2, 0.25) is 0 Å². The first-order valence-corrected chi connectivity index (χ1v) is 10.9. The number of halogens is 2. The first-order chi connectivity index (χ1) is 13.6. The van der Waals surface area contributed by atoms with Crippen LogP contribution in [0.4, 0.5) is 0 Å². The third-order valence-electron chi connectivity index (χ3n) is 6.02. The zero-order chi connectivity index (χ0) is 19.6. The molecule has 3 aromatic rings. The molecule has 0 radical (unpaired) electrons.